The van der Waals surface area contributed by atoms with Crippen molar-refractivity contribution in [2.24, 2.45) is 17.8 Å². The van der Waals surface area contributed by atoms with Crippen molar-refractivity contribution in [3.05, 3.63) is 76.9 Å². The molecule has 8 rings (SSSR count). The van der Waals surface area contributed by atoms with Crippen molar-refractivity contribution >= 4 is 70.9 Å². The fourth-order valence-electron chi connectivity index (χ4n) is 16.7. The maximum atomic E-state index is 15.8. The maximum absolute atomic E-state index is 15.8. The number of ether oxygens (including phenoxy) is 2. The summed E-state index contributed by atoms with van der Waals surface area (Å²) in [5, 5.41) is 8.50. The van der Waals surface area contributed by atoms with Crippen LogP contribution in [-0.4, -0.2) is 271 Å². The Kier molecular flexibility index (Phi) is 28.8. The zero-order chi connectivity index (χ0) is 81.2. The van der Waals surface area contributed by atoms with Crippen LogP contribution in [0.25, 0.3) is 0 Å². The third-order valence-electron chi connectivity index (χ3n) is 23.6. The molecule has 2 aromatic rings. The van der Waals surface area contributed by atoms with E-state index in [1.807, 2.05) is 6.92 Å². The molecule has 110 heavy (non-hydrogen) atoms. The summed E-state index contributed by atoms with van der Waals surface area (Å²) in [7, 11) is 12.3. The molecular formula is C78H110F6N12O14. The van der Waals surface area contributed by atoms with Gasteiger partial charge in [-0.3, -0.25) is 57.5 Å². The summed E-state index contributed by atoms with van der Waals surface area (Å²) < 4.78 is 96.1. The number of amides is 12. The fraction of sp³-hybridized carbons (Fsp3) is 0.667. The first kappa shape index (κ1) is 86.7. The molecule has 2 aliphatic carbocycles. The van der Waals surface area contributed by atoms with Crippen LogP contribution < -0.4 is 20.7 Å². The molecule has 26 nitrogen and oxygen atoms in total. The van der Waals surface area contributed by atoms with Crippen molar-refractivity contribution in [2.75, 3.05) is 96.3 Å². The Morgan fingerprint density at radius 1 is 0.691 bits per heavy atom. The Balaban J connectivity index is 1.23. The highest BCUT2D eigenvalue weighted by Crippen LogP contribution is 2.47. The Morgan fingerprint density at radius 2 is 1.35 bits per heavy atom. The summed E-state index contributed by atoms with van der Waals surface area (Å²) in [6, 6.07) is -2.55. The second-order valence-electron chi connectivity index (χ2n) is 30.7. The number of methoxy groups -OCH3 is 1. The minimum Gasteiger partial charge on any atom is -0.496 e. The van der Waals surface area contributed by atoms with Gasteiger partial charge in [0.2, 0.25) is 70.9 Å². The van der Waals surface area contributed by atoms with Gasteiger partial charge in [-0.05, 0) is 131 Å². The average Bonchev–Trinajstić information content (AvgIpc) is 0.795. The van der Waals surface area contributed by atoms with E-state index >= 15 is 28.8 Å². The van der Waals surface area contributed by atoms with E-state index in [1.165, 1.54) is 96.7 Å². The number of nitrogens with zero attached hydrogens (tertiary/aromatic N) is 9. The number of likely N-dealkylation sites (N-methyl/N-ethyl adjacent to an activating group) is 7. The van der Waals surface area contributed by atoms with Crippen molar-refractivity contribution in [3.8, 4) is 5.75 Å². The molecule has 0 aromatic heterocycles. The first-order chi connectivity index (χ1) is 51.8. The van der Waals surface area contributed by atoms with Crippen molar-refractivity contribution in [1.82, 2.24) is 60.0 Å². The van der Waals surface area contributed by atoms with E-state index in [9.17, 15) is 55.1 Å². The number of hydrogen-bond acceptors (Lipinski definition) is 14. The zero-order valence-corrected chi connectivity index (χ0v) is 65.5. The lowest BCUT2D eigenvalue weighted by Crippen LogP contribution is -2.76. The third kappa shape index (κ3) is 18.7. The van der Waals surface area contributed by atoms with E-state index in [1.54, 1.807) is 32.9 Å². The number of halogens is 6. The zero-order valence-electron chi connectivity index (χ0n) is 65.5. The predicted molar refractivity (Wildman–Crippen MR) is 392 cm³/mol. The van der Waals surface area contributed by atoms with Crippen LogP contribution in [0.3, 0.4) is 0 Å². The number of nitrogens with one attached hydrogen (secondary N) is 3. The molecular weight excluding hydrogens is 1440 g/mol. The van der Waals surface area contributed by atoms with Gasteiger partial charge in [-0.25, -0.2) is 0 Å². The van der Waals surface area contributed by atoms with Crippen molar-refractivity contribution < 1.29 is 93.4 Å². The highest BCUT2D eigenvalue weighted by atomic mass is 19.4. The predicted octanol–water partition coefficient (Wildman–Crippen LogP) is 6.00. The van der Waals surface area contributed by atoms with Gasteiger partial charge in [0.25, 0.3) is 0 Å². The highest BCUT2D eigenvalue weighted by molar-refractivity contribution is 6.05. The number of alkyl halides is 6. The third-order valence-corrected chi connectivity index (χ3v) is 23.6. The minimum absolute atomic E-state index is 0.0108. The molecule has 5 fully saturated rings. The van der Waals surface area contributed by atoms with Crippen LogP contribution in [0.2, 0.25) is 0 Å². The molecule has 12 amide bonds. The van der Waals surface area contributed by atoms with Gasteiger partial charge in [-0.1, -0.05) is 76.8 Å². The number of aryl methyl sites for hydroxylation is 1. The maximum Gasteiger partial charge on any atom is 0.419 e. The van der Waals surface area contributed by atoms with Gasteiger partial charge < -0.3 is 69.5 Å². The number of likely N-dealkylation sites (tertiary alicyclic amines) is 1. The first-order valence-electron chi connectivity index (χ1n) is 38.3. The molecule has 3 N–H and O–H groups in total. The Labute approximate surface area is 639 Å². The Bertz CT molecular complexity index is 3740. The summed E-state index contributed by atoms with van der Waals surface area (Å²) in [5.74, 6) is -11.0. The number of carbonyl (C=O) groups excluding carboxylic acids is 12. The molecule has 4 heterocycles. The van der Waals surface area contributed by atoms with Crippen LogP contribution in [-0.2, 0) is 87.5 Å². The van der Waals surface area contributed by atoms with Crippen molar-refractivity contribution in [2.45, 2.75) is 222 Å². The Morgan fingerprint density at radius 3 is 1.95 bits per heavy atom. The number of fused-ring (bicyclic) bond motifs is 2. The van der Waals surface area contributed by atoms with Crippen LogP contribution in [0.1, 0.15) is 159 Å². The van der Waals surface area contributed by atoms with Gasteiger partial charge in [0.05, 0.1) is 43.2 Å². The number of benzene rings is 2. The Hall–Kier alpha value is -8.84. The van der Waals surface area contributed by atoms with Crippen LogP contribution >= 0.6 is 0 Å². The SMILES string of the molecule is CCC[C@H]1C(=O)N[C@@H]([C@@H](C)CC)C(=O)NCCC[C@@H]2C(=O)N(C)[C@@]23C/C=C\CCN(C3=O)[C@@H](Cc2ccc(C(F)(F)F)cc2)C(=O)N(C)CC(=O)N[C@@H](CCc2ccc(C(F)(F)F)c(OC)c2)C(=O)N2C[C@H](OCC)C[C@H]2C(=O)N(C)C2(CCC2)C(=O)N(C)[C@@H](C2CCCC2)C(=O)N(C)[C@H](C(=O)N(C)C)CC(=O)N1C. The molecule has 608 valence electrons. The molecule has 6 aliphatic rings. The molecule has 2 saturated carbocycles. The highest BCUT2D eigenvalue weighted by Gasteiger charge is 2.64. The monoisotopic (exact) mass is 1550 g/mol. The molecule has 11 atom stereocenters. The van der Waals surface area contributed by atoms with Crippen LogP contribution in [0.5, 0.6) is 5.75 Å². The van der Waals surface area contributed by atoms with Gasteiger partial charge in [0.1, 0.15) is 59.1 Å². The van der Waals surface area contributed by atoms with E-state index in [2.05, 4.69) is 16.0 Å². The minimum atomic E-state index is -4.82. The van der Waals surface area contributed by atoms with E-state index in [0.29, 0.717) is 44.9 Å². The quantitative estimate of drug-likeness (QED) is 0.111. The lowest BCUT2D eigenvalue weighted by Gasteiger charge is -2.57. The van der Waals surface area contributed by atoms with Crippen molar-refractivity contribution in [3.63, 3.8) is 0 Å². The lowest BCUT2D eigenvalue weighted by molar-refractivity contribution is -0.183. The van der Waals surface area contributed by atoms with Gasteiger partial charge in [-0.15, -0.1) is 0 Å². The summed E-state index contributed by atoms with van der Waals surface area (Å²) in [6.45, 7) is 5.91. The van der Waals surface area contributed by atoms with E-state index in [-0.39, 0.29) is 102 Å². The topological polar surface area (TPSA) is 289 Å². The molecule has 32 heteroatoms. The summed E-state index contributed by atoms with van der Waals surface area (Å²) >= 11 is 0. The smallest absolute Gasteiger partial charge is 0.419 e. The summed E-state index contributed by atoms with van der Waals surface area (Å²) in [4.78, 5) is 193. The number of rotatable bonds is 14. The van der Waals surface area contributed by atoms with E-state index < -0.39 is 197 Å². The second-order valence-corrected chi connectivity index (χ2v) is 30.7. The molecule has 2 spiro atoms. The van der Waals surface area contributed by atoms with Gasteiger partial charge in [0, 0.05) is 95.5 Å². The van der Waals surface area contributed by atoms with Gasteiger partial charge in [-0.2, -0.15) is 26.3 Å². The standard InChI is InChI=1S/C78H110F6N12O14/c1-14-24-56-65(99)87-63(47(4)15-2)66(100)85-39-22-27-54-67(101)94(12)76(54)38-20-17-21-40-95(74(76)108)58(41-48-28-32-51(33-29-48)77(79,80)81)70(104)89(7)46-61(97)86-55(35-31-49-30-34-53(78(82,83)84)60(42-49)109-13)68(102)96-45-52(110-16-3)43-59(96)71(105)93(11)75(36-23-37-75)73(107)92(10)64(50-25-18-19-26-50)72(106)91(9)57(69(103)88(5)6)44-62(98)90(56)8/h17,20,28-30,32-34,42,47,50,52,54-59,63-64H,14-16,18-19,21-27,31,35-41,43-46H2,1-13H3,(H,85,100)(H,86,97)(H,87,99)/b20-17-/t47-,52+,54+,55-,56-,57-,58-,59-,63-,64-,76-/m0/s1. The largest absolute Gasteiger partial charge is 0.496 e. The molecule has 4 aliphatic heterocycles. The summed E-state index contributed by atoms with van der Waals surface area (Å²) in [5.41, 5.74) is -4.95. The molecule has 0 unspecified atom stereocenters. The van der Waals surface area contributed by atoms with Crippen LogP contribution in [0.15, 0.2) is 54.6 Å². The van der Waals surface area contributed by atoms with Crippen LogP contribution in [0, 0.1) is 17.8 Å². The van der Waals surface area contributed by atoms with Crippen molar-refractivity contribution in [1.29, 1.82) is 0 Å². The molecule has 0 radical (unpaired) electrons. The van der Waals surface area contributed by atoms with E-state index in [0.717, 1.165) is 53.3 Å². The number of carbonyl (C=O) groups is 12. The summed E-state index contributed by atoms with van der Waals surface area (Å²) in [6.07, 6.45) is -4.31. The average molecular weight is 1550 g/mol. The number of β-lactam (4-membered cyclic amide) rings is 1. The molecule has 3 saturated heterocycles. The molecule has 2 bridgehead atoms. The fourth-order valence-corrected chi connectivity index (χ4v) is 16.7. The van der Waals surface area contributed by atoms with Gasteiger partial charge in [0.15, 0.2) is 0 Å². The van der Waals surface area contributed by atoms with Crippen LogP contribution in [0.4, 0.5) is 26.3 Å². The second kappa shape index (κ2) is 36.5. The molecule has 2 aromatic carbocycles. The first-order valence-corrected chi connectivity index (χ1v) is 38.3. The number of hydrogen-bond donors (Lipinski definition) is 3. The van der Waals surface area contributed by atoms with Gasteiger partial charge >= 0.3 is 12.4 Å². The lowest BCUT2D eigenvalue weighted by atomic mass is 9.67. The van der Waals surface area contributed by atoms with E-state index in [4.69, 9.17) is 9.47 Å². The normalized spacial score (nSPS) is 27.6.